The minimum atomic E-state index is -3.33. The molecular formula is C16H26FN3O3S. The zero-order valence-corrected chi connectivity index (χ0v) is 15.3. The van der Waals surface area contributed by atoms with Gasteiger partial charge in [0.1, 0.15) is 5.82 Å². The maximum absolute atomic E-state index is 12.8. The van der Waals surface area contributed by atoms with Gasteiger partial charge < -0.3 is 10.2 Å². The van der Waals surface area contributed by atoms with Crippen molar-refractivity contribution in [1.82, 2.24) is 14.5 Å². The van der Waals surface area contributed by atoms with Gasteiger partial charge in [0, 0.05) is 32.6 Å². The Morgan fingerprint density at radius 1 is 1.12 bits per heavy atom. The predicted molar refractivity (Wildman–Crippen MR) is 92.7 cm³/mol. The molecule has 0 aliphatic heterocycles. The van der Waals surface area contributed by atoms with E-state index < -0.39 is 10.0 Å². The topological polar surface area (TPSA) is 69.7 Å². The van der Waals surface area contributed by atoms with Crippen LogP contribution in [0.5, 0.6) is 0 Å². The number of nitrogens with zero attached hydrogens (tertiary/aromatic N) is 2. The highest BCUT2D eigenvalue weighted by Gasteiger charge is 2.17. The van der Waals surface area contributed by atoms with E-state index >= 15 is 0 Å². The highest BCUT2D eigenvalue weighted by Crippen LogP contribution is 2.03. The van der Waals surface area contributed by atoms with Crippen molar-refractivity contribution in [2.75, 3.05) is 46.5 Å². The Balaban J connectivity index is 2.35. The van der Waals surface area contributed by atoms with Crippen LogP contribution in [0.25, 0.3) is 0 Å². The van der Waals surface area contributed by atoms with Crippen LogP contribution in [0, 0.1) is 5.82 Å². The highest BCUT2D eigenvalue weighted by atomic mass is 32.2. The molecule has 0 atom stereocenters. The van der Waals surface area contributed by atoms with E-state index in [1.54, 1.807) is 12.1 Å². The first kappa shape index (κ1) is 20.5. The van der Waals surface area contributed by atoms with Gasteiger partial charge in [-0.15, -0.1) is 0 Å². The van der Waals surface area contributed by atoms with Crippen molar-refractivity contribution in [2.45, 2.75) is 12.8 Å². The SMILES string of the molecule is CN(C)CCN(CCC(=O)NCCc1ccc(F)cc1)S(C)(=O)=O. The molecule has 0 unspecified atom stereocenters. The summed E-state index contributed by atoms with van der Waals surface area (Å²) < 4.78 is 37.6. The van der Waals surface area contributed by atoms with Crippen molar-refractivity contribution < 1.29 is 17.6 Å². The molecule has 0 bridgehead atoms. The van der Waals surface area contributed by atoms with Crippen LogP contribution in [0.1, 0.15) is 12.0 Å². The third-order valence-corrected chi connectivity index (χ3v) is 4.81. The first-order valence-electron chi connectivity index (χ1n) is 7.79. The number of hydrogen-bond donors (Lipinski definition) is 1. The second kappa shape index (κ2) is 9.71. The largest absolute Gasteiger partial charge is 0.356 e. The first-order valence-corrected chi connectivity index (χ1v) is 9.64. The summed E-state index contributed by atoms with van der Waals surface area (Å²) in [6.07, 6.45) is 1.86. The molecule has 24 heavy (non-hydrogen) atoms. The highest BCUT2D eigenvalue weighted by molar-refractivity contribution is 7.88. The number of halogens is 1. The minimum Gasteiger partial charge on any atom is -0.356 e. The van der Waals surface area contributed by atoms with Gasteiger partial charge in [-0.05, 0) is 38.2 Å². The second-order valence-corrected chi connectivity index (χ2v) is 7.92. The molecule has 6 nitrogen and oxygen atoms in total. The Bertz CT molecular complexity index is 618. The van der Waals surface area contributed by atoms with Gasteiger partial charge in [0.2, 0.25) is 15.9 Å². The average Bonchev–Trinajstić information content (AvgIpc) is 2.47. The van der Waals surface area contributed by atoms with Crippen molar-refractivity contribution in [3.63, 3.8) is 0 Å². The lowest BCUT2D eigenvalue weighted by molar-refractivity contribution is -0.121. The summed E-state index contributed by atoms with van der Waals surface area (Å²) in [5, 5.41) is 2.75. The second-order valence-electron chi connectivity index (χ2n) is 5.94. The zero-order chi connectivity index (χ0) is 18.2. The number of nitrogens with one attached hydrogen (secondary N) is 1. The molecule has 0 saturated carbocycles. The average molecular weight is 359 g/mol. The van der Waals surface area contributed by atoms with Crippen molar-refractivity contribution in [3.05, 3.63) is 35.6 Å². The molecule has 8 heteroatoms. The van der Waals surface area contributed by atoms with Crippen LogP contribution in [0.3, 0.4) is 0 Å². The molecule has 1 N–H and O–H groups in total. The van der Waals surface area contributed by atoms with Gasteiger partial charge in [0.05, 0.1) is 6.26 Å². The molecule has 0 aromatic heterocycles. The van der Waals surface area contributed by atoms with Crippen LogP contribution >= 0.6 is 0 Å². The number of likely N-dealkylation sites (N-methyl/N-ethyl adjacent to an activating group) is 1. The number of carbonyl (C=O) groups is 1. The molecule has 136 valence electrons. The van der Waals surface area contributed by atoms with E-state index in [0.717, 1.165) is 11.8 Å². The van der Waals surface area contributed by atoms with E-state index in [1.165, 1.54) is 16.4 Å². The molecular weight excluding hydrogens is 333 g/mol. The molecule has 0 aliphatic carbocycles. The Labute approximate surface area is 143 Å². The van der Waals surface area contributed by atoms with Gasteiger partial charge in [0.25, 0.3) is 0 Å². The summed E-state index contributed by atoms with van der Waals surface area (Å²) in [5.74, 6) is -0.489. The zero-order valence-electron chi connectivity index (χ0n) is 14.5. The van der Waals surface area contributed by atoms with E-state index in [0.29, 0.717) is 26.1 Å². The van der Waals surface area contributed by atoms with Crippen LogP contribution in [0.15, 0.2) is 24.3 Å². The van der Waals surface area contributed by atoms with Gasteiger partial charge in [-0.1, -0.05) is 12.1 Å². The number of rotatable bonds is 10. The summed E-state index contributed by atoms with van der Waals surface area (Å²) in [4.78, 5) is 13.7. The third kappa shape index (κ3) is 8.37. The lowest BCUT2D eigenvalue weighted by atomic mass is 10.1. The molecule has 0 saturated heterocycles. The lowest BCUT2D eigenvalue weighted by Gasteiger charge is -2.21. The monoisotopic (exact) mass is 359 g/mol. The van der Waals surface area contributed by atoms with Gasteiger partial charge in [-0.3, -0.25) is 4.79 Å². The summed E-state index contributed by atoms with van der Waals surface area (Å²) in [7, 11) is 0.395. The fourth-order valence-corrected chi connectivity index (χ4v) is 2.90. The van der Waals surface area contributed by atoms with E-state index in [4.69, 9.17) is 0 Å². The maximum Gasteiger partial charge on any atom is 0.221 e. The van der Waals surface area contributed by atoms with E-state index in [9.17, 15) is 17.6 Å². The Kier molecular flexibility index (Phi) is 8.30. The number of hydrogen-bond acceptors (Lipinski definition) is 4. The molecule has 0 fully saturated rings. The normalized spacial score (nSPS) is 11.9. The number of carbonyl (C=O) groups excluding carboxylic acids is 1. The van der Waals surface area contributed by atoms with Gasteiger partial charge >= 0.3 is 0 Å². The molecule has 1 aromatic rings. The van der Waals surface area contributed by atoms with Crippen LogP contribution in [0.2, 0.25) is 0 Å². The maximum atomic E-state index is 12.8. The summed E-state index contributed by atoms with van der Waals surface area (Å²) in [6.45, 7) is 1.55. The molecule has 1 aromatic carbocycles. The first-order chi connectivity index (χ1) is 11.2. The van der Waals surface area contributed by atoms with Gasteiger partial charge in [0.15, 0.2) is 0 Å². The quantitative estimate of drug-likeness (QED) is 0.668. The van der Waals surface area contributed by atoms with Crippen molar-refractivity contribution >= 4 is 15.9 Å². The van der Waals surface area contributed by atoms with Crippen LogP contribution in [0.4, 0.5) is 4.39 Å². The smallest absolute Gasteiger partial charge is 0.221 e. The fourth-order valence-electron chi connectivity index (χ4n) is 2.07. The Morgan fingerprint density at radius 2 is 1.75 bits per heavy atom. The molecule has 0 radical (unpaired) electrons. The number of amides is 1. The van der Waals surface area contributed by atoms with Gasteiger partial charge in [-0.2, -0.15) is 0 Å². The summed E-state index contributed by atoms with van der Waals surface area (Å²) in [5.41, 5.74) is 0.931. The van der Waals surface area contributed by atoms with Crippen molar-refractivity contribution in [3.8, 4) is 0 Å². The van der Waals surface area contributed by atoms with Crippen LogP contribution in [-0.4, -0.2) is 70.1 Å². The van der Waals surface area contributed by atoms with Gasteiger partial charge in [-0.25, -0.2) is 17.1 Å². The Hall–Kier alpha value is -1.51. The minimum absolute atomic E-state index is 0.115. The van der Waals surface area contributed by atoms with Crippen molar-refractivity contribution in [2.24, 2.45) is 0 Å². The predicted octanol–water partition coefficient (Wildman–Crippen LogP) is 0.698. The number of benzene rings is 1. The van der Waals surface area contributed by atoms with Crippen LogP contribution in [-0.2, 0) is 21.2 Å². The van der Waals surface area contributed by atoms with E-state index in [-0.39, 0.29) is 24.7 Å². The molecule has 1 amide bonds. The Morgan fingerprint density at radius 3 is 2.29 bits per heavy atom. The summed E-state index contributed by atoms with van der Waals surface area (Å²) in [6, 6.07) is 6.11. The third-order valence-electron chi connectivity index (χ3n) is 3.50. The summed E-state index contributed by atoms with van der Waals surface area (Å²) >= 11 is 0. The molecule has 0 heterocycles. The van der Waals surface area contributed by atoms with Crippen molar-refractivity contribution in [1.29, 1.82) is 0 Å². The molecule has 0 aliphatic rings. The molecule has 0 spiro atoms. The van der Waals surface area contributed by atoms with E-state index in [2.05, 4.69) is 5.32 Å². The lowest BCUT2D eigenvalue weighted by Crippen LogP contribution is -2.38. The van der Waals surface area contributed by atoms with E-state index in [1.807, 2.05) is 19.0 Å². The molecule has 1 rings (SSSR count). The van der Waals surface area contributed by atoms with Crippen LogP contribution < -0.4 is 5.32 Å². The fraction of sp³-hybridized carbons (Fsp3) is 0.562. The number of sulfonamides is 1. The standard InChI is InChI=1S/C16H26FN3O3S/c1-19(2)12-13-20(24(3,22)23)11-9-16(21)18-10-8-14-4-6-15(17)7-5-14/h4-7H,8-13H2,1-3H3,(H,18,21).